The van der Waals surface area contributed by atoms with E-state index in [4.69, 9.17) is 5.73 Å². The van der Waals surface area contributed by atoms with Crippen LogP contribution in [0.2, 0.25) is 0 Å². The average molecular weight is 295 g/mol. The van der Waals surface area contributed by atoms with Crippen molar-refractivity contribution in [2.45, 2.75) is 6.61 Å². The minimum absolute atomic E-state index is 0.108. The number of anilines is 3. The number of rotatable bonds is 4. The van der Waals surface area contributed by atoms with Crippen molar-refractivity contribution in [1.29, 1.82) is 0 Å². The van der Waals surface area contributed by atoms with Gasteiger partial charge in [-0.05, 0) is 18.2 Å². The van der Waals surface area contributed by atoms with E-state index in [1.807, 2.05) is 12.1 Å². The van der Waals surface area contributed by atoms with Crippen molar-refractivity contribution >= 4 is 17.6 Å². The average Bonchev–Trinajstić information content (AvgIpc) is 2.56. The van der Waals surface area contributed by atoms with Crippen LogP contribution >= 0.6 is 0 Å². The van der Waals surface area contributed by atoms with Crippen LogP contribution in [0.25, 0.3) is 11.3 Å². The summed E-state index contributed by atoms with van der Waals surface area (Å²) >= 11 is 0. The van der Waals surface area contributed by atoms with E-state index in [2.05, 4.69) is 30.2 Å². The quantitative estimate of drug-likeness (QED) is 0.655. The number of nitrogens with zero attached hydrogens (tertiary/aromatic N) is 5. The maximum atomic E-state index is 9.40. The molecule has 0 aliphatic carbocycles. The second-order valence-corrected chi connectivity index (χ2v) is 4.37. The first-order valence-electron chi connectivity index (χ1n) is 6.49. The summed E-state index contributed by atoms with van der Waals surface area (Å²) in [5.41, 5.74) is 7.97. The van der Waals surface area contributed by atoms with Crippen LogP contribution in [0.3, 0.4) is 0 Å². The van der Waals surface area contributed by atoms with E-state index in [0.29, 0.717) is 22.9 Å². The first-order chi connectivity index (χ1) is 10.8. The smallest absolute Gasteiger partial charge is 0.227 e. The second kappa shape index (κ2) is 6.10. The van der Waals surface area contributed by atoms with Gasteiger partial charge in [-0.15, -0.1) is 0 Å². The highest BCUT2D eigenvalue weighted by molar-refractivity contribution is 5.63. The SMILES string of the molecule is Nc1ncc(-c2ccnc(Nc3ccncc3)n2)c(CO)n1. The molecular formula is C14H13N7O. The largest absolute Gasteiger partial charge is 0.390 e. The van der Waals surface area contributed by atoms with Crippen molar-refractivity contribution in [3.8, 4) is 11.3 Å². The lowest BCUT2D eigenvalue weighted by molar-refractivity contribution is 0.277. The molecular weight excluding hydrogens is 282 g/mol. The highest BCUT2D eigenvalue weighted by Gasteiger charge is 2.10. The van der Waals surface area contributed by atoms with Gasteiger partial charge in [0.15, 0.2) is 0 Å². The molecule has 0 aliphatic rings. The minimum Gasteiger partial charge on any atom is -0.390 e. The van der Waals surface area contributed by atoms with Crippen LogP contribution in [-0.4, -0.2) is 30.0 Å². The Morgan fingerprint density at radius 2 is 1.86 bits per heavy atom. The van der Waals surface area contributed by atoms with Crippen LogP contribution in [-0.2, 0) is 6.61 Å². The molecule has 22 heavy (non-hydrogen) atoms. The van der Waals surface area contributed by atoms with Gasteiger partial charge < -0.3 is 16.2 Å². The zero-order valence-corrected chi connectivity index (χ0v) is 11.5. The Labute approximate surface area is 126 Å². The fourth-order valence-electron chi connectivity index (χ4n) is 1.90. The van der Waals surface area contributed by atoms with Crippen LogP contribution in [0, 0.1) is 0 Å². The minimum atomic E-state index is -0.251. The topological polar surface area (TPSA) is 123 Å². The van der Waals surface area contributed by atoms with E-state index < -0.39 is 0 Å². The molecule has 8 heteroatoms. The molecule has 0 aliphatic heterocycles. The molecule has 0 atom stereocenters. The predicted octanol–water partition coefficient (Wildman–Crippen LogP) is 1.15. The fraction of sp³-hybridized carbons (Fsp3) is 0.0714. The van der Waals surface area contributed by atoms with E-state index in [-0.39, 0.29) is 12.6 Å². The predicted molar refractivity (Wildman–Crippen MR) is 80.9 cm³/mol. The number of nitrogen functional groups attached to an aromatic ring is 1. The van der Waals surface area contributed by atoms with Crippen molar-refractivity contribution in [3.63, 3.8) is 0 Å². The van der Waals surface area contributed by atoms with Crippen molar-refractivity contribution in [1.82, 2.24) is 24.9 Å². The van der Waals surface area contributed by atoms with Gasteiger partial charge in [0.1, 0.15) is 0 Å². The van der Waals surface area contributed by atoms with E-state index >= 15 is 0 Å². The van der Waals surface area contributed by atoms with Crippen molar-refractivity contribution < 1.29 is 5.11 Å². The molecule has 0 unspecified atom stereocenters. The van der Waals surface area contributed by atoms with Gasteiger partial charge in [-0.1, -0.05) is 0 Å². The van der Waals surface area contributed by atoms with E-state index in [0.717, 1.165) is 5.69 Å². The van der Waals surface area contributed by atoms with E-state index in [1.165, 1.54) is 6.20 Å². The lowest BCUT2D eigenvalue weighted by Gasteiger charge is -2.08. The normalized spacial score (nSPS) is 10.4. The molecule has 3 heterocycles. The molecule has 0 saturated heterocycles. The van der Waals surface area contributed by atoms with Gasteiger partial charge in [0.05, 0.1) is 18.0 Å². The first-order valence-corrected chi connectivity index (χ1v) is 6.49. The number of hydrogen-bond acceptors (Lipinski definition) is 8. The molecule has 0 spiro atoms. The summed E-state index contributed by atoms with van der Waals surface area (Å²) in [6.07, 6.45) is 6.49. The van der Waals surface area contributed by atoms with Crippen molar-refractivity contribution in [3.05, 3.63) is 48.7 Å². The Bertz CT molecular complexity index is 779. The summed E-state index contributed by atoms with van der Waals surface area (Å²) in [5, 5.41) is 12.5. The van der Waals surface area contributed by atoms with Crippen molar-refractivity contribution in [2.24, 2.45) is 0 Å². The molecule has 3 aromatic rings. The molecule has 0 amide bonds. The van der Waals surface area contributed by atoms with Crippen LogP contribution < -0.4 is 11.1 Å². The summed E-state index contributed by atoms with van der Waals surface area (Å²) < 4.78 is 0. The molecule has 0 saturated carbocycles. The standard InChI is InChI=1S/C14H13N7O/c15-13-18-7-10(12(8-22)20-13)11-3-6-17-14(21-11)19-9-1-4-16-5-2-9/h1-7,22H,8H2,(H2,15,18,20)(H,16,17,19,21). The Hall–Kier alpha value is -3.13. The summed E-state index contributed by atoms with van der Waals surface area (Å²) in [5.74, 6) is 0.529. The van der Waals surface area contributed by atoms with Crippen LogP contribution in [0.15, 0.2) is 43.0 Å². The monoisotopic (exact) mass is 295 g/mol. The lowest BCUT2D eigenvalue weighted by Crippen LogP contribution is -2.03. The van der Waals surface area contributed by atoms with Gasteiger partial charge in [0.2, 0.25) is 11.9 Å². The first kappa shape index (κ1) is 13.8. The molecule has 3 rings (SSSR count). The number of nitrogens with two attached hydrogens (primary N) is 1. The molecule has 110 valence electrons. The summed E-state index contributed by atoms with van der Waals surface area (Å²) in [6, 6.07) is 5.33. The third-order valence-electron chi connectivity index (χ3n) is 2.90. The summed E-state index contributed by atoms with van der Waals surface area (Å²) in [6.45, 7) is -0.251. The number of pyridine rings is 1. The van der Waals surface area contributed by atoms with Gasteiger partial charge >= 0.3 is 0 Å². The molecule has 0 aromatic carbocycles. The van der Waals surface area contributed by atoms with Gasteiger partial charge in [-0.2, -0.15) is 0 Å². The molecule has 0 fully saturated rings. The maximum absolute atomic E-state index is 9.40. The van der Waals surface area contributed by atoms with Crippen LogP contribution in [0.5, 0.6) is 0 Å². The Morgan fingerprint density at radius 1 is 1.05 bits per heavy atom. The third-order valence-corrected chi connectivity index (χ3v) is 2.90. The molecule has 8 nitrogen and oxygen atoms in total. The van der Waals surface area contributed by atoms with Gasteiger partial charge in [-0.3, -0.25) is 4.98 Å². The molecule has 0 radical (unpaired) electrons. The van der Waals surface area contributed by atoms with Crippen LogP contribution in [0.1, 0.15) is 5.69 Å². The number of aliphatic hydroxyl groups is 1. The number of aliphatic hydroxyl groups excluding tert-OH is 1. The summed E-state index contributed by atoms with van der Waals surface area (Å²) in [7, 11) is 0. The van der Waals surface area contributed by atoms with Gasteiger partial charge in [-0.25, -0.2) is 19.9 Å². The van der Waals surface area contributed by atoms with Crippen molar-refractivity contribution in [2.75, 3.05) is 11.1 Å². The fourth-order valence-corrected chi connectivity index (χ4v) is 1.90. The van der Waals surface area contributed by atoms with Gasteiger partial charge in [0.25, 0.3) is 0 Å². The zero-order valence-electron chi connectivity index (χ0n) is 11.5. The highest BCUT2D eigenvalue weighted by atomic mass is 16.3. The molecule has 4 N–H and O–H groups in total. The Morgan fingerprint density at radius 3 is 2.64 bits per heavy atom. The third kappa shape index (κ3) is 2.96. The van der Waals surface area contributed by atoms with Crippen LogP contribution in [0.4, 0.5) is 17.6 Å². The number of nitrogens with one attached hydrogen (secondary N) is 1. The lowest BCUT2D eigenvalue weighted by atomic mass is 10.1. The molecule has 3 aromatic heterocycles. The Kier molecular flexibility index (Phi) is 3.84. The molecule has 0 bridgehead atoms. The highest BCUT2D eigenvalue weighted by Crippen LogP contribution is 2.22. The second-order valence-electron chi connectivity index (χ2n) is 4.37. The zero-order chi connectivity index (χ0) is 15.4. The number of aromatic nitrogens is 5. The number of hydrogen-bond donors (Lipinski definition) is 3. The van der Waals surface area contributed by atoms with E-state index in [1.54, 1.807) is 24.7 Å². The maximum Gasteiger partial charge on any atom is 0.227 e. The van der Waals surface area contributed by atoms with Gasteiger partial charge in [0, 0.05) is 36.0 Å². The van der Waals surface area contributed by atoms with E-state index in [9.17, 15) is 5.11 Å². The Balaban J connectivity index is 1.94. The summed E-state index contributed by atoms with van der Waals surface area (Å²) in [4.78, 5) is 20.5.